The molecule has 2 heterocycles. The van der Waals surface area contributed by atoms with E-state index in [1.807, 2.05) is 37.4 Å². The highest BCUT2D eigenvalue weighted by Crippen LogP contribution is 2.26. The lowest BCUT2D eigenvalue weighted by Crippen LogP contribution is -1.92. The predicted molar refractivity (Wildman–Crippen MR) is 68.0 cm³/mol. The molecule has 90 valence electrons. The van der Waals surface area contributed by atoms with E-state index in [9.17, 15) is 5.11 Å². The number of aromatic hydroxyl groups is 1. The molecule has 0 aliphatic carbocycles. The van der Waals surface area contributed by atoms with Crippen molar-refractivity contribution in [2.75, 3.05) is 0 Å². The van der Waals surface area contributed by atoms with Crippen LogP contribution in [-0.2, 0) is 7.05 Å². The quantitative estimate of drug-likeness (QED) is 0.749. The van der Waals surface area contributed by atoms with Crippen LogP contribution in [0.25, 0.3) is 22.7 Å². The average molecular weight is 240 g/mol. The molecule has 4 nitrogen and oxygen atoms in total. The summed E-state index contributed by atoms with van der Waals surface area (Å²) in [4.78, 5) is 0. The topological polar surface area (TPSA) is 51.2 Å². The van der Waals surface area contributed by atoms with Crippen molar-refractivity contribution in [1.29, 1.82) is 0 Å². The van der Waals surface area contributed by atoms with Crippen molar-refractivity contribution in [1.82, 2.24) is 9.78 Å². The lowest BCUT2D eigenvalue weighted by molar-refractivity contribution is 0.475. The number of phenols is 1. The molecule has 3 aromatic rings. The van der Waals surface area contributed by atoms with Crippen LogP contribution in [0, 0.1) is 0 Å². The van der Waals surface area contributed by atoms with Crippen molar-refractivity contribution in [3.8, 4) is 28.5 Å². The number of hydrogen-bond donors (Lipinski definition) is 1. The third kappa shape index (κ3) is 1.78. The first-order chi connectivity index (χ1) is 8.74. The fourth-order valence-corrected chi connectivity index (χ4v) is 1.90. The van der Waals surface area contributed by atoms with E-state index in [2.05, 4.69) is 5.10 Å². The Morgan fingerprint density at radius 2 is 1.94 bits per heavy atom. The highest BCUT2D eigenvalue weighted by molar-refractivity contribution is 5.66. The molecule has 0 bridgehead atoms. The Hall–Kier alpha value is -2.49. The minimum absolute atomic E-state index is 0.251. The van der Waals surface area contributed by atoms with Crippen LogP contribution in [0.15, 0.2) is 53.1 Å². The van der Waals surface area contributed by atoms with Gasteiger partial charge >= 0.3 is 0 Å². The third-order valence-electron chi connectivity index (χ3n) is 2.82. The number of hydrogen-bond acceptors (Lipinski definition) is 3. The SMILES string of the molecule is Cn1nc(-c2ccc(O)cc2)cc1-c1ccco1. The smallest absolute Gasteiger partial charge is 0.151 e. The molecule has 0 saturated carbocycles. The van der Waals surface area contributed by atoms with Gasteiger partial charge in [0.15, 0.2) is 5.76 Å². The molecule has 0 fully saturated rings. The van der Waals surface area contributed by atoms with E-state index in [1.165, 1.54) is 0 Å². The van der Waals surface area contributed by atoms with Gasteiger partial charge in [-0.25, -0.2) is 0 Å². The van der Waals surface area contributed by atoms with Crippen molar-refractivity contribution in [2.24, 2.45) is 7.05 Å². The molecule has 0 aliphatic rings. The highest BCUT2D eigenvalue weighted by Gasteiger charge is 2.10. The van der Waals surface area contributed by atoms with E-state index in [0.29, 0.717) is 0 Å². The molecule has 0 radical (unpaired) electrons. The molecule has 0 unspecified atom stereocenters. The second-order valence-electron chi connectivity index (χ2n) is 4.06. The summed E-state index contributed by atoms with van der Waals surface area (Å²) < 4.78 is 7.15. The summed E-state index contributed by atoms with van der Waals surface area (Å²) in [5.74, 6) is 1.04. The molecule has 0 saturated heterocycles. The summed E-state index contributed by atoms with van der Waals surface area (Å²) in [6, 6.07) is 12.7. The lowest BCUT2D eigenvalue weighted by Gasteiger charge is -1.96. The van der Waals surface area contributed by atoms with Crippen LogP contribution >= 0.6 is 0 Å². The number of aryl methyl sites for hydroxylation is 1. The summed E-state index contributed by atoms with van der Waals surface area (Å²) in [7, 11) is 1.88. The molecule has 1 N–H and O–H groups in total. The summed E-state index contributed by atoms with van der Waals surface area (Å²) >= 11 is 0. The van der Waals surface area contributed by atoms with Gasteiger partial charge in [0.25, 0.3) is 0 Å². The molecule has 1 aromatic carbocycles. The molecule has 18 heavy (non-hydrogen) atoms. The fraction of sp³-hybridized carbons (Fsp3) is 0.0714. The second-order valence-corrected chi connectivity index (χ2v) is 4.06. The van der Waals surface area contributed by atoms with E-state index in [4.69, 9.17) is 4.42 Å². The standard InChI is InChI=1S/C14H12N2O2/c1-16-13(14-3-2-8-18-14)9-12(15-16)10-4-6-11(17)7-5-10/h2-9,17H,1H3. The molecule has 0 atom stereocenters. The number of benzene rings is 1. The maximum Gasteiger partial charge on any atom is 0.151 e. The van der Waals surface area contributed by atoms with Gasteiger partial charge in [0.2, 0.25) is 0 Å². The normalized spacial score (nSPS) is 10.7. The molecule has 0 spiro atoms. The molecular weight excluding hydrogens is 228 g/mol. The summed E-state index contributed by atoms with van der Waals surface area (Å²) in [6.07, 6.45) is 1.64. The summed E-state index contributed by atoms with van der Waals surface area (Å²) in [5, 5.41) is 13.7. The van der Waals surface area contributed by atoms with Crippen LogP contribution in [0.3, 0.4) is 0 Å². The maximum atomic E-state index is 9.27. The van der Waals surface area contributed by atoms with Gasteiger partial charge in [-0.05, 0) is 42.5 Å². The number of nitrogens with zero attached hydrogens (tertiary/aromatic N) is 2. The van der Waals surface area contributed by atoms with Gasteiger partial charge in [-0.1, -0.05) is 0 Å². The van der Waals surface area contributed by atoms with Crippen LogP contribution in [0.5, 0.6) is 5.75 Å². The van der Waals surface area contributed by atoms with Crippen LogP contribution in [0.1, 0.15) is 0 Å². The van der Waals surface area contributed by atoms with Crippen LogP contribution < -0.4 is 0 Å². The third-order valence-corrected chi connectivity index (χ3v) is 2.82. The highest BCUT2D eigenvalue weighted by atomic mass is 16.3. The first-order valence-corrected chi connectivity index (χ1v) is 5.61. The zero-order chi connectivity index (χ0) is 12.5. The lowest BCUT2D eigenvalue weighted by atomic mass is 10.1. The Balaban J connectivity index is 2.05. The zero-order valence-corrected chi connectivity index (χ0v) is 9.87. The van der Waals surface area contributed by atoms with E-state index in [-0.39, 0.29) is 5.75 Å². The van der Waals surface area contributed by atoms with Crippen LogP contribution in [-0.4, -0.2) is 14.9 Å². The fourth-order valence-electron chi connectivity index (χ4n) is 1.90. The van der Waals surface area contributed by atoms with E-state index in [0.717, 1.165) is 22.7 Å². The number of phenolic OH excluding ortho intramolecular Hbond substituents is 1. The van der Waals surface area contributed by atoms with Gasteiger partial charge in [0, 0.05) is 12.6 Å². The van der Waals surface area contributed by atoms with Crippen molar-refractivity contribution < 1.29 is 9.52 Å². The summed E-state index contributed by atoms with van der Waals surface area (Å²) in [6.45, 7) is 0. The van der Waals surface area contributed by atoms with Crippen LogP contribution in [0.4, 0.5) is 0 Å². The summed E-state index contributed by atoms with van der Waals surface area (Å²) in [5.41, 5.74) is 2.73. The van der Waals surface area contributed by atoms with Crippen LogP contribution in [0.2, 0.25) is 0 Å². The monoisotopic (exact) mass is 240 g/mol. The number of aromatic nitrogens is 2. The Bertz CT molecular complexity index is 652. The van der Waals surface area contributed by atoms with E-state index >= 15 is 0 Å². The van der Waals surface area contributed by atoms with Gasteiger partial charge in [-0.3, -0.25) is 4.68 Å². The minimum Gasteiger partial charge on any atom is -0.508 e. The van der Waals surface area contributed by atoms with Gasteiger partial charge in [-0.15, -0.1) is 0 Å². The second kappa shape index (κ2) is 4.07. The van der Waals surface area contributed by atoms with Crippen molar-refractivity contribution in [2.45, 2.75) is 0 Å². The van der Waals surface area contributed by atoms with Gasteiger partial charge in [0.1, 0.15) is 11.4 Å². The maximum absolute atomic E-state index is 9.27. The molecule has 0 amide bonds. The Morgan fingerprint density at radius 3 is 2.61 bits per heavy atom. The van der Waals surface area contributed by atoms with Crippen molar-refractivity contribution >= 4 is 0 Å². The van der Waals surface area contributed by atoms with Gasteiger partial charge < -0.3 is 9.52 Å². The molecule has 0 aliphatic heterocycles. The Morgan fingerprint density at radius 1 is 1.17 bits per heavy atom. The minimum atomic E-state index is 0.251. The van der Waals surface area contributed by atoms with E-state index in [1.54, 1.807) is 23.1 Å². The predicted octanol–water partition coefficient (Wildman–Crippen LogP) is 3.05. The first-order valence-electron chi connectivity index (χ1n) is 5.61. The number of rotatable bonds is 2. The van der Waals surface area contributed by atoms with Crippen molar-refractivity contribution in [3.63, 3.8) is 0 Å². The zero-order valence-electron chi connectivity index (χ0n) is 9.87. The molecule has 2 aromatic heterocycles. The Kier molecular flexibility index (Phi) is 2.41. The number of furan rings is 1. The van der Waals surface area contributed by atoms with Gasteiger partial charge in [0.05, 0.1) is 12.0 Å². The Labute approximate surface area is 104 Å². The molecule has 3 rings (SSSR count). The molecular formula is C14H12N2O2. The first kappa shape index (κ1) is 10.7. The van der Waals surface area contributed by atoms with Crippen molar-refractivity contribution in [3.05, 3.63) is 48.7 Å². The largest absolute Gasteiger partial charge is 0.508 e. The average Bonchev–Trinajstić information content (AvgIpc) is 2.99. The van der Waals surface area contributed by atoms with E-state index < -0.39 is 0 Å². The van der Waals surface area contributed by atoms with Gasteiger partial charge in [-0.2, -0.15) is 5.10 Å². The molecule has 4 heteroatoms.